The highest BCUT2D eigenvalue weighted by molar-refractivity contribution is 8.04. The standard InChI is InChI=1S/C15H14F7N5O2S/c1-27(12(14(17,18)19)8-2-4-9(16)5-3-8)30(28,29)11(24)7-6-10(23)26-13(25)15(20,21)22/h2-7,12,24H,1H3,(H3,23,25,26)/b7-6-,24-11?/t12-/m1/s1. The zero-order valence-electron chi connectivity index (χ0n) is 14.9. The van der Waals surface area contributed by atoms with Crippen molar-refractivity contribution in [3.05, 3.63) is 47.8 Å². The molecule has 1 aromatic rings. The second-order valence-corrected chi connectivity index (χ2v) is 7.59. The Morgan fingerprint density at radius 2 is 1.53 bits per heavy atom. The van der Waals surface area contributed by atoms with Gasteiger partial charge in [0.25, 0.3) is 10.0 Å². The molecule has 0 heterocycles. The molecule has 0 aliphatic carbocycles. The van der Waals surface area contributed by atoms with Crippen molar-refractivity contribution in [2.45, 2.75) is 18.4 Å². The molecule has 0 saturated carbocycles. The zero-order chi connectivity index (χ0) is 23.5. The lowest BCUT2D eigenvalue weighted by molar-refractivity contribution is -0.171. The summed E-state index contributed by atoms with van der Waals surface area (Å²) >= 11 is 0. The van der Waals surface area contributed by atoms with Gasteiger partial charge in [-0.25, -0.2) is 12.8 Å². The Balaban J connectivity index is 3.12. The molecular formula is C15H14F7N5O2S. The first-order chi connectivity index (χ1) is 13.5. The summed E-state index contributed by atoms with van der Waals surface area (Å²) in [5.41, 5.74) is -0.639. The van der Waals surface area contributed by atoms with Gasteiger partial charge in [0.05, 0.1) is 0 Å². The molecule has 0 saturated heterocycles. The Morgan fingerprint density at radius 1 is 1.03 bits per heavy atom. The molecule has 4 N–H and O–H groups in total. The average molecular weight is 461 g/mol. The van der Waals surface area contributed by atoms with E-state index in [2.05, 4.69) is 0 Å². The second-order valence-electron chi connectivity index (χ2n) is 5.63. The van der Waals surface area contributed by atoms with Crippen molar-refractivity contribution in [1.82, 2.24) is 9.62 Å². The van der Waals surface area contributed by atoms with Crippen LogP contribution in [0.1, 0.15) is 11.6 Å². The van der Waals surface area contributed by atoms with E-state index in [4.69, 9.17) is 16.2 Å². The minimum Gasteiger partial charge on any atom is -0.322 e. The molecular weight excluding hydrogens is 447 g/mol. The van der Waals surface area contributed by atoms with Crippen molar-refractivity contribution in [2.24, 2.45) is 0 Å². The third-order valence-electron chi connectivity index (χ3n) is 3.46. The Hall–Kier alpha value is -2.81. The van der Waals surface area contributed by atoms with E-state index in [-0.39, 0.29) is 10.4 Å². The summed E-state index contributed by atoms with van der Waals surface area (Å²) in [7, 11) is -4.60. The predicted octanol–water partition coefficient (Wildman–Crippen LogP) is 3.33. The monoisotopic (exact) mass is 461 g/mol. The highest BCUT2D eigenvalue weighted by atomic mass is 32.2. The van der Waals surface area contributed by atoms with Crippen LogP contribution in [-0.2, 0) is 10.0 Å². The molecule has 0 bridgehead atoms. The lowest BCUT2D eigenvalue weighted by Crippen LogP contribution is -2.42. The Labute approximate surface area is 165 Å². The van der Waals surface area contributed by atoms with E-state index >= 15 is 0 Å². The van der Waals surface area contributed by atoms with Crippen molar-refractivity contribution in [1.29, 1.82) is 16.2 Å². The molecule has 7 nitrogen and oxygen atoms in total. The van der Waals surface area contributed by atoms with Gasteiger partial charge in [-0.15, -0.1) is 0 Å². The van der Waals surface area contributed by atoms with Gasteiger partial charge in [0.2, 0.25) is 5.84 Å². The molecule has 1 atom stereocenters. The van der Waals surface area contributed by atoms with Crippen molar-refractivity contribution < 1.29 is 39.2 Å². The maximum Gasteiger partial charge on any atom is 0.448 e. The number of halogens is 7. The van der Waals surface area contributed by atoms with Gasteiger partial charge in [0, 0.05) is 7.05 Å². The number of amidine groups is 2. The van der Waals surface area contributed by atoms with Gasteiger partial charge in [-0.1, -0.05) is 12.1 Å². The second kappa shape index (κ2) is 8.91. The fourth-order valence-electron chi connectivity index (χ4n) is 2.04. The molecule has 15 heteroatoms. The summed E-state index contributed by atoms with van der Waals surface area (Å²) < 4.78 is 114. The van der Waals surface area contributed by atoms with Gasteiger partial charge >= 0.3 is 12.4 Å². The Morgan fingerprint density at radius 3 is 1.97 bits per heavy atom. The third-order valence-corrected chi connectivity index (χ3v) is 5.12. The zero-order valence-corrected chi connectivity index (χ0v) is 15.7. The highest BCUT2D eigenvalue weighted by Crippen LogP contribution is 2.38. The molecule has 1 aromatic carbocycles. The molecule has 0 fully saturated rings. The van der Waals surface area contributed by atoms with Crippen molar-refractivity contribution in [3.8, 4) is 0 Å². The van der Waals surface area contributed by atoms with Gasteiger partial charge in [-0.2, -0.15) is 30.6 Å². The van der Waals surface area contributed by atoms with E-state index in [1.54, 1.807) is 0 Å². The maximum absolute atomic E-state index is 13.5. The van der Waals surface area contributed by atoms with E-state index in [0.29, 0.717) is 37.4 Å². The molecule has 0 unspecified atom stereocenters. The number of alkyl halides is 6. The summed E-state index contributed by atoms with van der Waals surface area (Å²) in [6.45, 7) is 0. The quantitative estimate of drug-likeness (QED) is 0.306. The molecule has 0 spiro atoms. The molecule has 0 aromatic heterocycles. The van der Waals surface area contributed by atoms with Gasteiger partial charge in [-0.05, 0) is 29.8 Å². The summed E-state index contributed by atoms with van der Waals surface area (Å²) in [4.78, 5) is 0. The Bertz CT molecular complexity index is 953. The van der Waals surface area contributed by atoms with E-state index in [1.165, 1.54) is 5.32 Å². The molecule has 0 aliphatic heterocycles. The molecule has 166 valence electrons. The summed E-state index contributed by atoms with van der Waals surface area (Å²) in [6, 6.07) is 0.000641. The van der Waals surface area contributed by atoms with E-state index in [0.717, 1.165) is 0 Å². The largest absolute Gasteiger partial charge is 0.448 e. The van der Waals surface area contributed by atoms with Crippen LogP contribution in [0, 0.1) is 22.0 Å². The lowest BCUT2D eigenvalue weighted by Gasteiger charge is -2.29. The summed E-state index contributed by atoms with van der Waals surface area (Å²) in [5.74, 6) is -4.04. The number of hydrogen-bond acceptors (Lipinski definition) is 5. The molecule has 1 rings (SSSR count). The SMILES string of the molecule is CN([C@H](c1ccc(F)cc1)C(F)(F)F)S(=O)(=O)C(=N)/C=C\C(=N)NC(=N)C(F)(F)F. The van der Waals surface area contributed by atoms with Crippen LogP contribution in [0.2, 0.25) is 0 Å². The van der Waals surface area contributed by atoms with Gasteiger partial charge in [0.15, 0.2) is 5.04 Å². The van der Waals surface area contributed by atoms with Gasteiger partial charge in [0.1, 0.15) is 17.7 Å². The van der Waals surface area contributed by atoms with Crippen LogP contribution in [0.4, 0.5) is 30.7 Å². The molecule has 0 aliphatic rings. The van der Waals surface area contributed by atoms with Crippen molar-refractivity contribution in [2.75, 3.05) is 7.05 Å². The van der Waals surface area contributed by atoms with Gasteiger partial charge < -0.3 is 5.32 Å². The van der Waals surface area contributed by atoms with Crippen molar-refractivity contribution >= 4 is 26.7 Å². The van der Waals surface area contributed by atoms with Crippen LogP contribution in [0.5, 0.6) is 0 Å². The topological polar surface area (TPSA) is 121 Å². The predicted molar refractivity (Wildman–Crippen MR) is 93.4 cm³/mol. The van der Waals surface area contributed by atoms with Crippen LogP contribution < -0.4 is 5.32 Å². The van der Waals surface area contributed by atoms with Crippen LogP contribution >= 0.6 is 0 Å². The fourth-order valence-corrected chi connectivity index (χ4v) is 3.11. The smallest absolute Gasteiger partial charge is 0.322 e. The number of rotatable bonds is 5. The van der Waals surface area contributed by atoms with E-state index in [1.807, 2.05) is 0 Å². The van der Waals surface area contributed by atoms with Crippen LogP contribution in [0.15, 0.2) is 36.4 Å². The molecule has 0 amide bonds. The minimum absolute atomic E-state index is 0.207. The molecule has 30 heavy (non-hydrogen) atoms. The number of benzene rings is 1. The number of nitrogens with zero attached hydrogens (tertiary/aromatic N) is 1. The fraction of sp³-hybridized carbons (Fsp3) is 0.267. The number of sulfonamides is 1. The third kappa shape index (κ3) is 6.35. The van der Waals surface area contributed by atoms with Gasteiger partial charge in [-0.3, -0.25) is 16.2 Å². The first-order valence-electron chi connectivity index (χ1n) is 7.56. The normalized spacial score (nSPS) is 14.0. The molecule has 0 radical (unpaired) electrons. The average Bonchev–Trinajstić information content (AvgIpc) is 2.59. The first kappa shape index (κ1) is 25.2. The van der Waals surface area contributed by atoms with Crippen molar-refractivity contribution in [3.63, 3.8) is 0 Å². The van der Waals surface area contributed by atoms with Crippen LogP contribution in [0.25, 0.3) is 0 Å². The minimum atomic E-state index is -5.15. The lowest BCUT2D eigenvalue weighted by atomic mass is 10.1. The van der Waals surface area contributed by atoms with Crippen LogP contribution in [-0.4, -0.2) is 48.8 Å². The number of nitrogens with one attached hydrogen (secondary N) is 4. The highest BCUT2D eigenvalue weighted by Gasteiger charge is 2.48. The first-order valence-corrected chi connectivity index (χ1v) is 9.00. The van der Waals surface area contributed by atoms with E-state index in [9.17, 15) is 39.2 Å². The summed E-state index contributed by atoms with van der Waals surface area (Å²) in [6.07, 6.45) is -9.63. The maximum atomic E-state index is 13.5. The van der Waals surface area contributed by atoms with E-state index < -0.39 is 56.5 Å². The number of hydrogen-bond donors (Lipinski definition) is 4. The summed E-state index contributed by atoms with van der Waals surface area (Å²) in [5, 5.41) is 21.1. The van der Waals surface area contributed by atoms with Crippen LogP contribution in [0.3, 0.4) is 0 Å². The Kier molecular flexibility index (Phi) is 7.49.